The molecule has 0 spiro atoms. The highest BCUT2D eigenvalue weighted by Crippen LogP contribution is 2.05. The summed E-state index contributed by atoms with van der Waals surface area (Å²) in [6, 6.07) is -4.81. The van der Waals surface area contributed by atoms with Crippen molar-refractivity contribution < 1.29 is 29.4 Å². The van der Waals surface area contributed by atoms with Gasteiger partial charge in [0.15, 0.2) is 5.96 Å². The van der Waals surface area contributed by atoms with E-state index in [4.69, 9.17) is 22.3 Å². The molecule has 190 valence electrons. The summed E-state index contributed by atoms with van der Waals surface area (Å²) in [5, 5.41) is 25.9. The van der Waals surface area contributed by atoms with E-state index in [0.29, 0.717) is 12.1 Å². The zero-order chi connectivity index (χ0) is 25.8. The number of hydrogen-bond donors (Lipinski definition) is 9. The summed E-state index contributed by atoms with van der Waals surface area (Å²) in [5.74, 6) is -3.63. The highest BCUT2D eigenvalue weighted by molar-refractivity contribution is 5.94. The minimum absolute atomic E-state index is 0.0159. The number of guanidine groups is 1. The van der Waals surface area contributed by atoms with Crippen molar-refractivity contribution in [1.82, 2.24) is 25.9 Å². The average molecular weight is 484 g/mol. The number of aliphatic carboxylic acids is 1. The normalized spacial score (nSPS) is 15.2. The molecule has 0 saturated carbocycles. The van der Waals surface area contributed by atoms with Crippen molar-refractivity contribution >= 4 is 29.7 Å². The maximum atomic E-state index is 13.0. The first-order chi connectivity index (χ1) is 15.9. The quantitative estimate of drug-likeness (QED) is 0.0709. The number of carbonyl (C=O) groups is 4. The van der Waals surface area contributed by atoms with Gasteiger partial charge < -0.3 is 48.3 Å². The Kier molecular flexibility index (Phi) is 11.4. The Labute approximate surface area is 195 Å². The van der Waals surface area contributed by atoms with Gasteiger partial charge in [0.2, 0.25) is 17.7 Å². The number of aliphatic hydroxyl groups is 1. The maximum Gasteiger partial charge on any atom is 0.325 e. The fourth-order valence-corrected chi connectivity index (χ4v) is 2.73. The van der Waals surface area contributed by atoms with Crippen molar-refractivity contribution in [1.29, 1.82) is 0 Å². The lowest BCUT2D eigenvalue weighted by molar-refractivity contribution is -0.141. The molecule has 0 aliphatic carbocycles. The van der Waals surface area contributed by atoms with Gasteiger partial charge in [-0.05, 0) is 26.7 Å². The highest BCUT2D eigenvalue weighted by Gasteiger charge is 2.30. The van der Waals surface area contributed by atoms with Gasteiger partial charge in [0.25, 0.3) is 0 Å². The fraction of sp³-hybridized carbons (Fsp3) is 0.579. The first-order valence-corrected chi connectivity index (χ1v) is 10.5. The molecule has 0 radical (unpaired) electrons. The fourth-order valence-electron chi connectivity index (χ4n) is 2.73. The first kappa shape index (κ1) is 28.3. The van der Waals surface area contributed by atoms with Gasteiger partial charge in [-0.15, -0.1) is 0 Å². The lowest BCUT2D eigenvalue weighted by atomic mass is 10.1. The SMILES string of the molecule is CC(NC(=O)C(CCCN=C(N)N)NC(=O)C(Cc1cnc[nH]1)NC(=O)C(N)C(C)O)C(=O)O. The van der Waals surface area contributed by atoms with E-state index in [-0.39, 0.29) is 25.3 Å². The van der Waals surface area contributed by atoms with Crippen LogP contribution in [0.2, 0.25) is 0 Å². The summed E-state index contributed by atoms with van der Waals surface area (Å²) in [4.78, 5) is 59.6. The molecule has 12 N–H and O–H groups in total. The number of aliphatic imine (C=N–C) groups is 1. The van der Waals surface area contributed by atoms with Gasteiger partial charge in [-0.2, -0.15) is 0 Å². The Bertz CT molecular complexity index is 854. The number of aromatic amines is 1. The molecule has 34 heavy (non-hydrogen) atoms. The molecule has 15 heteroatoms. The van der Waals surface area contributed by atoms with Crippen LogP contribution in [0, 0.1) is 0 Å². The number of carboxylic acid groups (broad SMARTS) is 1. The molecule has 1 aromatic rings. The number of imidazole rings is 1. The number of nitrogens with one attached hydrogen (secondary N) is 4. The molecule has 5 atom stereocenters. The molecule has 15 nitrogen and oxygen atoms in total. The summed E-state index contributed by atoms with van der Waals surface area (Å²) in [6.07, 6.45) is 2.04. The number of aliphatic hydroxyl groups excluding tert-OH is 1. The predicted molar refractivity (Wildman–Crippen MR) is 121 cm³/mol. The molecule has 0 aliphatic rings. The number of carbonyl (C=O) groups excluding carboxylic acids is 3. The van der Waals surface area contributed by atoms with Gasteiger partial charge in [0.1, 0.15) is 24.2 Å². The molecule has 0 saturated heterocycles. The van der Waals surface area contributed by atoms with Crippen molar-refractivity contribution in [2.24, 2.45) is 22.2 Å². The van der Waals surface area contributed by atoms with Crippen LogP contribution in [0.5, 0.6) is 0 Å². The molecule has 5 unspecified atom stereocenters. The topological polar surface area (TPSA) is 264 Å². The highest BCUT2D eigenvalue weighted by atomic mass is 16.4. The van der Waals surface area contributed by atoms with Gasteiger partial charge in [-0.25, -0.2) is 4.98 Å². The van der Waals surface area contributed by atoms with E-state index in [9.17, 15) is 24.3 Å². The van der Waals surface area contributed by atoms with Crippen molar-refractivity contribution in [3.05, 3.63) is 18.2 Å². The minimum atomic E-state index is -1.29. The molecule has 0 aliphatic heterocycles. The molecule has 1 rings (SSSR count). The monoisotopic (exact) mass is 483 g/mol. The van der Waals surface area contributed by atoms with Crippen LogP contribution in [0.25, 0.3) is 0 Å². The van der Waals surface area contributed by atoms with E-state index in [2.05, 4.69) is 30.9 Å². The lowest BCUT2D eigenvalue weighted by Gasteiger charge is -2.25. The number of rotatable bonds is 14. The van der Waals surface area contributed by atoms with Crippen molar-refractivity contribution in [3.63, 3.8) is 0 Å². The Hall–Kier alpha value is -3.72. The predicted octanol–water partition coefficient (Wildman–Crippen LogP) is -3.73. The van der Waals surface area contributed by atoms with E-state index in [0.717, 1.165) is 0 Å². The smallest absolute Gasteiger partial charge is 0.325 e. The second-order valence-corrected chi connectivity index (χ2v) is 7.69. The summed E-state index contributed by atoms with van der Waals surface area (Å²) < 4.78 is 0. The maximum absolute atomic E-state index is 13.0. The van der Waals surface area contributed by atoms with Crippen LogP contribution in [0.4, 0.5) is 0 Å². The van der Waals surface area contributed by atoms with E-state index in [1.165, 1.54) is 26.4 Å². The molecule has 1 heterocycles. The van der Waals surface area contributed by atoms with Gasteiger partial charge in [-0.1, -0.05) is 0 Å². The van der Waals surface area contributed by atoms with Crippen LogP contribution in [0.3, 0.4) is 0 Å². The third-order valence-electron chi connectivity index (χ3n) is 4.74. The van der Waals surface area contributed by atoms with E-state index < -0.39 is 54.0 Å². The van der Waals surface area contributed by atoms with Crippen LogP contribution >= 0.6 is 0 Å². The van der Waals surface area contributed by atoms with E-state index >= 15 is 0 Å². The van der Waals surface area contributed by atoms with Crippen LogP contribution < -0.4 is 33.2 Å². The average Bonchev–Trinajstić information content (AvgIpc) is 3.27. The zero-order valence-corrected chi connectivity index (χ0v) is 19.0. The molecule has 3 amide bonds. The summed E-state index contributed by atoms with van der Waals surface area (Å²) in [5.41, 5.74) is 16.7. The molecule has 1 aromatic heterocycles. The standard InChI is InChI=1S/C19H33N9O6/c1-9(18(33)34)26-15(30)12(4-3-5-24-19(21)22)27-16(31)13(6-11-7-23-8-25-11)28-17(32)14(20)10(2)29/h7-10,12-14,29H,3-6,20H2,1-2H3,(H,23,25)(H,26,30)(H,27,31)(H,28,32)(H,33,34)(H4,21,22,24). The Morgan fingerprint density at radius 3 is 2.24 bits per heavy atom. The Balaban J connectivity index is 3.02. The number of hydrogen-bond acceptors (Lipinski definition) is 8. The summed E-state index contributed by atoms with van der Waals surface area (Å²) in [6.45, 7) is 2.78. The van der Waals surface area contributed by atoms with Gasteiger partial charge >= 0.3 is 5.97 Å². The summed E-state index contributed by atoms with van der Waals surface area (Å²) in [7, 11) is 0. The molecule has 0 bridgehead atoms. The Morgan fingerprint density at radius 1 is 1.09 bits per heavy atom. The summed E-state index contributed by atoms with van der Waals surface area (Å²) >= 11 is 0. The van der Waals surface area contributed by atoms with E-state index in [1.807, 2.05) is 0 Å². The second kappa shape index (κ2) is 13.7. The number of aromatic nitrogens is 2. The zero-order valence-electron chi connectivity index (χ0n) is 19.0. The van der Waals surface area contributed by atoms with Crippen molar-refractivity contribution in [2.45, 2.75) is 63.4 Å². The van der Waals surface area contributed by atoms with Gasteiger partial charge in [-0.3, -0.25) is 24.2 Å². The third kappa shape index (κ3) is 9.83. The molecule has 0 fully saturated rings. The lowest BCUT2D eigenvalue weighted by Crippen LogP contribution is -2.58. The van der Waals surface area contributed by atoms with Gasteiger partial charge in [0, 0.05) is 24.9 Å². The number of nitrogens with zero attached hydrogens (tertiary/aromatic N) is 2. The largest absolute Gasteiger partial charge is 0.480 e. The molecular weight excluding hydrogens is 450 g/mol. The van der Waals surface area contributed by atoms with E-state index in [1.54, 1.807) is 0 Å². The van der Waals surface area contributed by atoms with Crippen molar-refractivity contribution in [2.75, 3.05) is 6.54 Å². The molecule has 0 aromatic carbocycles. The van der Waals surface area contributed by atoms with Crippen LogP contribution in [0.15, 0.2) is 17.5 Å². The first-order valence-electron chi connectivity index (χ1n) is 10.5. The minimum Gasteiger partial charge on any atom is -0.480 e. The van der Waals surface area contributed by atoms with Crippen LogP contribution in [-0.4, -0.2) is 86.6 Å². The van der Waals surface area contributed by atoms with Crippen molar-refractivity contribution in [3.8, 4) is 0 Å². The number of H-pyrrole nitrogens is 1. The van der Waals surface area contributed by atoms with Crippen LogP contribution in [-0.2, 0) is 25.6 Å². The van der Waals surface area contributed by atoms with Gasteiger partial charge in [0.05, 0.1) is 12.4 Å². The number of amides is 3. The number of carboxylic acids is 1. The third-order valence-corrected chi connectivity index (χ3v) is 4.74. The molecular formula is C19H33N9O6. The Morgan fingerprint density at radius 2 is 1.71 bits per heavy atom. The number of nitrogens with two attached hydrogens (primary N) is 3. The van der Waals surface area contributed by atoms with Crippen LogP contribution in [0.1, 0.15) is 32.4 Å². The second-order valence-electron chi connectivity index (χ2n) is 7.69.